The second-order valence-electron chi connectivity index (χ2n) is 4.93. The number of hydrogen-bond donors (Lipinski definition) is 1. The third-order valence-corrected chi connectivity index (χ3v) is 3.27. The molecular formula is C17H19N3O. The van der Waals surface area contributed by atoms with E-state index in [1.807, 2.05) is 49.5 Å². The maximum atomic E-state index is 8.48. The Hall–Kier alpha value is -2.38. The second-order valence-corrected chi connectivity index (χ2v) is 4.93. The van der Waals surface area contributed by atoms with Gasteiger partial charge in [0.05, 0.1) is 0 Å². The molecule has 0 aliphatic carbocycles. The first-order valence-electron chi connectivity index (χ1n) is 6.93. The van der Waals surface area contributed by atoms with E-state index >= 15 is 0 Å². The van der Waals surface area contributed by atoms with Gasteiger partial charge in [0, 0.05) is 24.5 Å². The summed E-state index contributed by atoms with van der Waals surface area (Å²) in [7, 11) is 0. The molecule has 2 aromatic rings. The Morgan fingerprint density at radius 2 is 2.00 bits per heavy atom. The van der Waals surface area contributed by atoms with E-state index in [1.165, 1.54) is 11.1 Å². The van der Waals surface area contributed by atoms with E-state index in [9.17, 15) is 0 Å². The van der Waals surface area contributed by atoms with Crippen LogP contribution in [0.2, 0.25) is 0 Å². The number of aryl methyl sites for hydroxylation is 1. The predicted molar refractivity (Wildman–Crippen MR) is 81.8 cm³/mol. The summed E-state index contributed by atoms with van der Waals surface area (Å²) in [4.78, 5) is 4.29. The number of rotatable bonds is 6. The van der Waals surface area contributed by atoms with Crippen molar-refractivity contribution in [2.75, 3.05) is 6.61 Å². The molecule has 1 N–H and O–H groups in total. The second kappa shape index (κ2) is 7.41. The van der Waals surface area contributed by atoms with Crippen LogP contribution >= 0.6 is 0 Å². The van der Waals surface area contributed by atoms with Gasteiger partial charge in [-0.05, 0) is 43.2 Å². The zero-order valence-electron chi connectivity index (χ0n) is 12.3. The summed E-state index contributed by atoms with van der Waals surface area (Å²) in [5.74, 6) is 0.718. The Morgan fingerprint density at radius 3 is 2.62 bits per heavy atom. The molecule has 1 unspecified atom stereocenters. The maximum absolute atomic E-state index is 8.48. The molecule has 1 aromatic heterocycles. The lowest BCUT2D eigenvalue weighted by atomic mass is 10.1. The Bertz CT molecular complexity index is 599. The number of hydrogen-bond acceptors (Lipinski definition) is 4. The van der Waals surface area contributed by atoms with E-state index < -0.39 is 0 Å². The number of benzene rings is 1. The van der Waals surface area contributed by atoms with Gasteiger partial charge in [0.25, 0.3) is 0 Å². The highest BCUT2D eigenvalue weighted by Crippen LogP contribution is 2.18. The Balaban J connectivity index is 1.89. The summed E-state index contributed by atoms with van der Waals surface area (Å²) in [6, 6.07) is 14.1. The molecule has 0 radical (unpaired) electrons. The van der Waals surface area contributed by atoms with Crippen molar-refractivity contribution in [3.8, 4) is 11.8 Å². The van der Waals surface area contributed by atoms with Gasteiger partial charge in [0.15, 0.2) is 6.61 Å². The van der Waals surface area contributed by atoms with E-state index in [0.717, 1.165) is 18.0 Å². The fourth-order valence-corrected chi connectivity index (χ4v) is 1.96. The van der Waals surface area contributed by atoms with Crippen molar-refractivity contribution in [2.24, 2.45) is 0 Å². The number of nitrogens with one attached hydrogen (secondary N) is 1. The molecule has 1 aromatic carbocycles. The predicted octanol–water partition coefficient (Wildman–Crippen LogP) is 3.14. The van der Waals surface area contributed by atoms with Crippen LogP contribution < -0.4 is 10.1 Å². The molecule has 1 heterocycles. The van der Waals surface area contributed by atoms with Crippen LogP contribution in [0.4, 0.5) is 0 Å². The average Bonchev–Trinajstić information content (AvgIpc) is 2.52. The molecule has 0 spiro atoms. The van der Waals surface area contributed by atoms with E-state index in [2.05, 4.69) is 23.3 Å². The highest BCUT2D eigenvalue weighted by atomic mass is 16.5. The summed E-state index contributed by atoms with van der Waals surface area (Å²) in [6.45, 7) is 4.96. The van der Waals surface area contributed by atoms with Crippen LogP contribution in [0.5, 0.6) is 5.75 Å². The molecule has 4 heteroatoms. The number of ether oxygens (including phenoxy) is 1. The number of aromatic nitrogens is 1. The molecule has 0 fully saturated rings. The van der Waals surface area contributed by atoms with Crippen molar-refractivity contribution in [3.05, 3.63) is 59.4 Å². The molecule has 0 bridgehead atoms. The molecule has 0 amide bonds. The van der Waals surface area contributed by atoms with Crippen LogP contribution in [0.25, 0.3) is 0 Å². The molecule has 108 valence electrons. The van der Waals surface area contributed by atoms with Crippen molar-refractivity contribution in [1.82, 2.24) is 10.3 Å². The van der Waals surface area contributed by atoms with Gasteiger partial charge in [-0.25, -0.2) is 0 Å². The zero-order valence-corrected chi connectivity index (χ0v) is 12.3. The Morgan fingerprint density at radius 1 is 1.24 bits per heavy atom. The molecule has 21 heavy (non-hydrogen) atoms. The van der Waals surface area contributed by atoms with Gasteiger partial charge in [0.1, 0.15) is 11.8 Å². The summed E-state index contributed by atoms with van der Waals surface area (Å²) in [5, 5.41) is 11.9. The molecule has 2 rings (SSSR count). The molecular weight excluding hydrogens is 262 g/mol. The van der Waals surface area contributed by atoms with Gasteiger partial charge in [0.2, 0.25) is 0 Å². The van der Waals surface area contributed by atoms with Gasteiger partial charge < -0.3 is 10.1 Å². The van der Waals surface area contributed by atoms with Crippen molar-refractivity contribution in [2.45, 2.75) is 26.4 Å². The van der Waals surface area contributed by atoms with Crippen LogP contribution in [0.3, 0.4) is 0 Å². The Labute approximate surface area is 125 Å². The third-order valence-electron chi connectivity index (χ3n) is 3.27. The number of nitriles is 1. The quantitative estimate of drug-likeness (QED) is 0.883. The fourth-order valence-electron chi connectivity index (χ4n) is 1.96. The van der Waals surface area contributed by atoms with Gasteiger partial charge in [-0.3, -0.25) is 4.98 Å². The SMILES string of the molecule is Cc1ccc(CNC(C)c2ccc(OCC#N)cc2)cn1. The molecule has 4 nitrogen and oxygen atoms in total. The summed E-state index contributed by atoms with van der Waals surface area (Å²) < 4.78 is 5.24. The monoisotopic (exact) mass is 281 g/mol. The molecule has 0 aliphatic rings. The maximum Gasteiger partial charge on any atom is 0.174 e. The number of nitrogens with zero attached hydrogens (tertiary/aromatic N) is 2. The fraction of sp³-hybridized carbons (Fsp3) is 0.294. The standard InChI is InChI=1S/C17H19N3O/c1-13-3-4-15(11-19-13)12-20-14(2)16-5-7-17(8-6-16)21-10-9-18/h3-8,11,14,20H,10,12H2,1-2H3. The van der Waals surface area contributed by atoms with E-state index in [1.54, 1.807) is 0 Å². The van der Waals surface area contributed by atoms with Crippen LogP contribution in [0, 0.1) is 18.3 Å². The van der Waals surface area contributed by atoms with E-state index in [0.29, 0.717) is 0 Å². The first-order chi connectivity index (χ1) is 10.2. The number of pyridine rings is 1. The first-order valence-corrected chi connectivity index (χ1v) is 6.93. The minimum Gasteiger partial charge on any atom is -0.479 e. The lowest BCUT2D eigenvalue weighted by Crippen LogP contribution is -2.18. The van der Waals surface area contributed by atoms with Crippen LogP contribution in [0.15, 0.2) is 42.6 Å². The van der Waals surface area contributed by atoms with Gasteiger partial charge in [-0.2, -0.15) is 5.26 Å². The third kappa shape index (κ3) is 4.59. The molecule has 0 saturated carbocycles. The van der Waals surface area contributed by atoms with E-state index in [4.69, 9.17) is 10.00 Å². The van der Waals surface area contributed by atoms with Crippen molar-refractivity contribution < 1.29 is 4.74 Å². The topological polar surface area (TPSA) is 57.9 Å². The first kappa shape index (κ1) is 15.0. The normalized spacial score (nSPS) is 11.7. The van der Waals surface area contributed by atoms with Crippen molar-refractivity contribution in [1.29, 1.82) is 5.26 Å². The lowest BCUT2D eigenvalue weighted by Gasteiger charge is -2.15. The summed E-state index contributed by atoms with van der Waals surface area (Å²) in [5.41, 5.74) is 3.38. The van der Waals surface area contributed by atoms with Crippen LogP contribution in [-0.4, -0.2) is 11.6 Å². The lowest BCUT2D eigenvalue weighted by molar-refractivity contribution is 0.368. The zero-order chi connectivity index (χ0) is 15.1. The molecule has 1 atom stereocenters. The van der Waals surface area contributed by atoms with Gasteiger partial charge in [-0.1, -0.05) is 18.2 Å². The molecule has 0 saturated heterocycles. The van der Waals surface area contributed by atoms with Crippen molar-refractivity contribution in [3.63, 3.8) is 0 Å². The molecule has 0 aliphatic heterocycles. The minimum atomic E-state index is 0.0770. The van der Waals surface area contributed by atoms with Gasteiger partial charge in [-0.15, -0.1) is 0 Å². The van der Waals surface area contributed by atoms with Gasteiger partial charge >= 0.3 is 0 Å². The van der Waals surface area contributed by atoms with E-state index in [-0.39, 0.29) is 12.6 Å². The minimum absolute atomic E-state index is 0.0770. The largest absolute Gasteiger partial charge is 0.479 e. The summed E-state index contributed by atoms with van der Waals surface area (Å²) >= 11 is 0. The highest BCUT2D eigenvalue weighted by Gasteiger charge is 2.05. The highest BCUT2D eigenvalue weighted by molar-refractivity contribution is 5.29. The van der Waals surface area contributed by atoms with Crippen LogP contribution in [0.1, 0.15) is 29.8 Å². The van der Waals surface area contributed by atoms with Crippen LogP contribution in [-0.2, 0) is 6.54 Å². The summed E-state index contributed by atoms with van der Waals surface area (Å²) in [6.07, 6.45) is 1.90. The Kier molecular flexibility index (Phi) is 5.30. The average molecular weight is 281 g/mol. The smallest absolute Gasteiger partial charge is 0.174 e. The van der Waals surface area contributed by atoms with Crippen molar-refractivity contribution >= 4 is 0 Å².